The summed E-state index contributed by atoms with van der Waals surface area (Å²) in [5.41, 5.74) is -0.167. The van der Waals surface area contributed by atoms with Crippen molar-refractivity contribution in [1.29, 1.82) is 0 Å². The van der Waals surface area contributed by atoms with Crippen LogP contribution in [-0.2, 0) is 10.3 Å². The highest BCUT2D eigenvalue weighted by Gasteiger charge is 2.34. The third-order valence-corrected chi connectivity index (χ3v) is 3.97. The van der Waals surface area contributed by atoms with Crippen LogP contribution in [0.3, 0.4) is 0 Å². The van der Waals surface area contributed by atoms with Crippen LogP contribution < -0.4 is 0 Å². The van der Waals surface area contributed by atoms with Crippen molar-refractivity contribution in [2.75, 3.05) is 6.61 Å². The van der Waals surface area contributed by atoms with E-state index < -0.39 is 0 Å². The van der Waals surface area contributed by atoms with Gasteiger partial charge in [-0.15, -0.1) is 11.3 Å². The van der Waals surface area contributed by atoms with Crippen molar-refractivity contribution in [3.8, 4) is 0 Å². The first-order valence-electron chi connectivity index (χ1n) is 5.07. The van der Waals surface area contributed by atoms with Crippen molar-refractivity contribution in [1.82, 2.24) is 0 Å². The van der Waals surface area contributed by atoms with Crippen LogP contribution in [-0.4, -0.2) is 17.8 Å². The van der Waals surface area contributed by atoms with E-state index in [0.717, 1.165) is 19.3 Å². The molecule has 1 aliphatic rings. The molecule has 1 N–H and O–H groups in total. The average Bonchev–Trinajstić information content (AvgIpc) is 2.71. The van der Waals surface area contributed by atoms with E-state index in [9.17, 15) is 0 Å². The van der Waals surface area contributed by atoms with Crippen LogP contribution in [0.4, 0.5) is 0 Å². The lowest BCUT2D eigenvalue weighted by atomic mass is 9.92. The van der Waals surface area contributed by atoms with Gasteiger partial charge in [-0.2, -0.15) is 0 Å². The van der Waals surface area contributed by atoms with Gasteiger partial charge in [0.2, 0.25) is 0 Å². The Balaban J connectivity index is 2.15. The number of aliphatic hydroxyl groups is 1. The molecule has 2 nitrogen and oxygen atoms in total. The fraction of sp³-hybridized carbons (Fsp3) is 0.636. The molecule has 3 heteroatoms. The SMILES string of the molecule is CC1(c2cccs2)CCCC(CO)O1. The molecule has 0 amide bonds. The number of thiophene rings is 1. The maximum atomic E-state index is 9.10. The molecule has 2 heterocycles. The largest absolute Gasteiger partial charge is 0.394 e. The minimum absolute atomic E-state index is 0.0239. The Hall–Kier alpha value is -0.380. The Morgan fingerprint density at radius 1 is 1.71 bits per heavy atom. The first-order chi connectivity index (χ1) is 6.74. The van der Waals surface area contributed by atoms with Gasteiger partial charge in [-0.3, -0.25) is 0 Å². The second-order valence-corrected chi connectivity index (χ2v) is 4.97. The predicted octanol–water partition coefficient (Wildman–Crippen LogP) is 2.52. The standard InChI is InChI=1S/C11H16O2S/c1-11(10-5-3-7-14-10)6-2-4-9(8-12)13-11/h3,5,7,9,12H,2,4,6,8H2,1H3. The normalized spacial score (nSPS) is 33.1. The molecule has 2 atom stereocenters. The van der Waals surface area contributed by atoms with Crippen LogP contribution in [0, 0.1) is 0 Å². The van der Waals surface area contributed by atoms with Crippen molar-refractivity contribution in [2.24, 2.45) is 0 Å². The molecule has 0 aliphatic carbocycles. The summed E-state index contributed by atoms with van der Waals surface area (Å²) < 4.78 is 5.93. The van der Waals surface area contributed by atoms with Gasteiger partial charge in [0, 0.05) is 4.88 Å². The molecule has 2 unspecified atom stereocenters. The molecule has 1 fully saturated rings. The molecule has 78 valence electrons. The van der Waals surface area contributed by atoms with E-state index in [4.69, 9.17) is 9.84 Å². The minimum atomic E-state index is -0.167. The average molecular weight is 212 g/mol. The van der Waals surface area contributed by atoms with E-state index in [1.807, 2.05) is 0 Å². The van der Waals surface area contributed by atoms with Gasteiger partial charge in [-0.05, 0) is 37.6 Å². The number of hydrogen-bond donors (Lipinski definition) is 1. The van der Waals surface area contributed by atoms with Gasteiger partial charge in [0.1, 0.15) is 0 Å². The summed E-state index contributed by atoms with van der Waals surface area (Å²) in [4.78, 5) is 1.27. The smallest absolute Gasteiger partial charge is 0.0999 e. The van der Waals surface area contributed by atoms with E-state index >= 15 is 0 Å². The molecule has 14 heavy (non-hydrogen) atoms. The van der Waals surface area contributed by atoms with Crippen LogP contribution in [0.25, 0.3) is 0 Å². The number of ether oxygens (including phenoxy) is 1. The Bertz CT molecular complexity index is 283. The number of rotatable bonds is 2. The summed E-state index contributed by atoms with van der Waals surface area (Å²) in [5, 5.41) is 11.2. The first-order valence-corrected chi connectivity index (χ1v) is 5.95. The second-order valence-electron chi connectivity index (χ2n) is 4.02. The van der Waals surface area contributed by atoms with Crippen molar-refractivity contribution < 1.29 is 9.84 Å². The molecule has 0 radical (unpaired) electrons. The predicted molar refractivity (Wildman–Crippen MR) is 57.5 cm³/mol. The Kier molecular flexibility index (Phi) is 2.91. The molecule has 0 saturated carbocycles. The molecule has 1 aromatic rings. The fourth-order valence-electron chi connectivity index (χ4n) is 2.04. The van der Waals surface area contributed by atoms with E-state index in [2.05, 4.69) is 24.4 Å². The van der Waals surface area contributed by atoms with E-state index in [0.29, 0.717) is 0 Å². The van der Waals surface area contributed by atoms with Crippen LogP contribution in [0.1, 0.15) is 31.1 Å². The summed E-state index contributed by atoms with van der Waals surface area (Å²) in [6.07, 6.45) is 3.21. The van der Waals surface area contributed by atoms with Gasteiger partial charge in [-0.25, -0.2) is 0 Å². The second kappa shape index (κ2) is 4.01. The molecule has 1 aliphatic heterocycles. The van der Waals surface area contributed by atoms with Crippen LogP contribution in [0.2, 0.25) is 0 Å². The topological polar surface area (TPSA) is 29.5 Å². The summed E-state index contributed by atoms with van der Waals surface area (Å²) in [6.45, 7) is 2.27. The zero-order valence-electron chi connectivity index (χ0n) is 8.40. The number of hydrogen-bond acceptors (Lipinski definition) is 3. The van der Waals surface area contributed by atoms with E-state index in [1.54, 1.807) is 11.3 Å². The van der Waals surface area contributed by atoms with E-state index in [-0.39, 0.29) is 18.3 Å². The molecular formula is C11H16O2S. The quantitative estimate of drug-likeness (QED) is 0.816. The summed E-state index contributed by atoms with van der Waals surface area (Å²) >= 11 is 1.73. The molecule has 1 saturated heterocycles. The Morgan fingerprint density at radius 2 is 2.57 bits per heavy atom. The van der Waals surface area contributed by atoms with Crippen LogP contribution in [0.15, 0.2) is 17.5 Å². The van der Waals surface area contributed by atoms with Gasteiger partial charge >= 0.3 is 0 Å². The van der Waals surface area contributed by atoms with Gasteiger partial charge in [-0.1, -0.05) is 6.07 Å². The molecule has 0 bridgehead atoms. The van der Waals surface area contributed by atoms with Crippen molar-refractivity contribution in [3.63, 3.8) is 0 Å². The van der Waals surface area contributed by atoms with Gasteiger partial charge in [0.05, 0.1) is 18.3 Å². The molecule has 1 aromatic heterocycles. The lowest BCUT2D eigenvalue weighted by molar-refractivity contribution is -0.135. The zero-order valence-corrected chi connectivity index (χ0v) is 9.22. The molecule has 0 spiro atoms. The van der Waals surface area contributed by atoms with Crippen molar-refractivity contribution in [3.05, 3.63) is 22.4 Å². The Labute approximate surface area is 88.5 Å². The molecular weight excluding hydrogens is 196 g/mol. The molecule has 2 rings (SSSR count). The Morgan fingerprint density at radius 3 is 3.21 bits per heavy atom. The van der Waals surface area contributed by atoms with Gasteiger partial charge in [0.25, 0.3) is 0 Å². The van der Waals surface area contributed by atoms with Crippen molar-refractivity contribution >= 4 is 11.3 Å². The summed E-state index contributed by atoms with van der Waals surface area (Å²) in [5.74, 6) is 0. The minimum Gasteiger partial charge on any atom is -0.394 e. The highest BCUT2D eigenvalue weighted by Crippen LogP contribution is 2.39. The van der Waals surface area contributed by atoms with Crippen molar-refractivity contribution in [2.45, 2.75) is 37.9 Å². The summed E-state index contributed by atoms with van der Waals surface area (Å²) in [7, 11) is 0. The highest BCUT2D eigenvalue weighted by atomic mass is 32.1. The van der Waals surface area contributed by atoms with Gasteiger partial charge < -0.3 is 9.84 Å². The first kappa shape index (κ1) is 10.1. The maximum Gasteiger partial charge on any atom is 0.0999 e. The number of aliphatic hydroxyl groups excluding tert-OH is 1. The summed E-state index contributed by atoms with van der Waals surface area (Å²) in [6, 6.07) is 4.17. The fourth-order valence-corrected chi connectivity index (χ4v) is 2.90. The zero-order chi connectivity index (χ0) is 10.0. The third-order valence-electron chi connectivity index (χ3n) is 2.85. The van der Waals surface area contributed by atoms with Gasteiger partial charge in [0.15, 0.2) is 0 Å². The lowest BCUT2D eigenvalue weighted by Gasteiger charge is -2.37. The molecule has 0 aromatic carbocycles. The maximum absolute atomic E-state index is 9.10. The highest BCUT2D eigenvalue weighted by molar-refractivity contribution is 7.10. The van der Waals surface area contributed by atoms with E-state index in [1.165, 1.54) is 4.88 Å². The van der Waals surface area contributed by atoms with Crippen LogP contribution in [0.5, 0.6) is 0 Å². The van der Waals surface area contributed by atoms with Crippen LogP contribution >= 0.6 is 11.3 Å². The monoisotopic (exact) mass is 212 g/mol. The third kappa shape index (κ3) is 1.85. The lowest BCUT2D eigenvalue weighted by Crippen LogP contribution is -2.36.